The molecule has 0 rings (SSSR count). The highest BCUT2D eigenvalue weighted by atomic mass is 14.8. The predicted molar refractivity (Wildman–Crippen MR) is 36.7 cm³/mol. The molecule has 0 aliphatic rings. The Hall–Kier alpha value is 0.155. The van der Waals surface area contributed by atoms with Crippen molar-refractivity contribution < 1.29 is 0 Å². The summed E-state index contributed by atoms with van der Waals surface area (Å²) in [7, 11) is 6.00. The third-order valence-corrected chi connectivity index (χ3v) is 0.894. The molecule has 0 spiro atoms. The zero-order valence-electron chi connectivity index (χ0n) is 5.18. The molecule has 0 heterocycles. The molecule has 0 saturated carbocycles. The van der Waals surface area contributed by atoms with Gasteiger partial charge in [-0.3, -0.25) is 0 Å². The second-order valence-corrected chi connectivity index (χ2v) is 1.22. The van der Waals surface area contributed by atoms with Crippen LogP contribution in [-0.2, 0) is 0 Å². The Morgan fingerprint density at radius 2 is 1.14 bits per heavy atom. The van der Waals surface area contributed by atoms with E-state index in [0.717, 1.165) is 0 Å². The molecule has 0 saturated heterocycles. The van der Waals surface area contributed by atoms with Gasteiger partial charge in [0.1, 0.15) is 0 Å². The molecule has 0 aliphatic heterocycles. The van der Waals surface area contributed by atoms with E-state index in [0.29, 0.717) is 0 Å². The smallest absolute Gasteiger partial charge is 0.179 e. The molecule has 0 fully saturated rings. The van der Waals surface area contributed by atoms with Gasteiger partial charge in [-0.25, -0.2) is 0 Å². The van der Waals surface area contributed by atoms with Crippen LogP contribution >= 0.6 is 0 Å². The Balaban J connectivity index is 2.99. The fourth-order valence-corrected chi connectivity index (χ4v) is 0.447. The van der Waals surface area contributed by atoms with E-state index in [1.165, 1.54) is 0 Å². The first-order chi connectivity index (χ1) is 3.35. The van der Waals surface area contributed by atoms with Crippen molar-refractivity contribution in [3.8, 4) is 0 Å². The maximum Gasteiger partial charge on any atom is 0.179 e. The number of hydrogen-bond acceptors (Lipinski definition) is 1. The quantitative estimate of drug-likeness (QED) is 0.452. The first-order valence-corrected chi connectivity index (χ1v) is 2.51. The van der Waals surface area contributed by atoms with Gasteiger partial charge in [-0.15, -0.1) is 0 Å². The Kier molecular flexibility index (Phi) is 4.41. The minimum atomic E-state index is 2.00. The first-order valence-electron chi connectivity index (χ1n) is 2.51. The summed E-state index contributed by atoms with van der Waals surface area (Å²) in [5.74, 6) is 0. The van der Waals surface area contributed by atoms with Crippen LogP contribution in [0.2, 0.25) is 20.5 Å². The highest BCUT2D eigenvalue weighted by molar-refractivity contribution is 6.64. The summed E-state index contributed by atoms with van der Waals surface area (Å²) >= 11 is 0. The molecule has 1 nitrogen and oxygen atoms in total. The molecule has 35 valence electrons. The molecule has 0 aromatic rings. The molecule has 0 atom stereocenters. The van der Waals surface area contributed by atoms with E-state index >= 15 is 0 Å². The van der Waals surface area contributed by atoms with Crippen LogP contribution in [-0.4, -0.2) is 26.9 Å². The molecule has 0 aromatic heterocycles. The van der Waals surface area contributed by atoms with Crippen molar-refractivity contribution in [2.24, 2.45) is 0 Å². The van der Waals surface area contributed by atoms with E-state index in [2.05, 4.69) is 0 Å². The summed E-state index contributed by atoms with van der Waals surface area (Å²) in [6.45, 7) is 6.00. The third kappa shape index (κ3) is 2.80. The van der Waals surface area contributed by atoms with Gasteiger partial charge in [-0.05, 0) is 0 Å². The fraction of sp³-hybridized carbons (Fsp3) is 1.00. The van der Waals surface area contributed by atoms with E-state index in [4.69, 9.17) is 0 Å². The molecule has 0 N–H and O–H groups in total. The average molecular weight is 91.5 g/mol. The monoisotopic (exact) mass is 92.1 g/mol. The summed E-state index contributed by atoms with van der Waals surface area (Å²) in [4.78, 5) is 0. The van der Waals surface area contributed by atoms with Gasteiger partial charge in [0.2, 0.25) is 0 Å². The molecule has 7 heavy (non-hydrogen) atoms. The van der Waals surface area contributed by atoms with Gasteiger partial charge in [0, 0.05) is 0 Å². The SMILES string of the molecule is C[B]N([B]C)[B]C. The summed E-state index contributed by atoms with van der Waals surface area (Å²) in [6.07, 6.45) is 0. The Morgan fingerprint density at radius 3 is 1.14 bits per heavy atom. The van der Waals surface area contributed by atoms with Crippen molar-refractivity contribution in [2.45, 2.75) is 20.5 Å². The lowest BCUT2D eigenvalue weighted by Crippen LogP contribution is -2.30. The zero-order chi connectivity index (χ0) is 5.70. The second-order valence-electron chi connectivity index (χ2n) is 1.22. The summed E-state index contributed by atoms with van der Waals surface area (Å²) in [5, 5.41) is 0. The van der Waals surface area contributed by atoms with Crippen LogP contribution in [0.1, 0.15) is 0 Å². The first kappa shape index (κ1) is 7.15. The maximum absolute atomic E-state index is 2.00. The van der Waals surface area contributed by atoms with E-state index < -0.39 is 0 Å². The maximum atomic E-state index is 2.00. The largest absolute Gasteiger partial charge is 0.441 e. The topological polar surface area (TPSA) is 3.24 Å². The second kappa shape index (κ2) is 4.32. The van der Waals surface area contributed by atoms with Crippen LogP contribution in [0.4, 0.5) is 0 Å². The van der Waals surface area contributed by atoms with Gasteiger partial charge in [-0.2, -0.15) is 0 Å². The van der Waals surface area contributed by atoms with E-state index in [1.807, 2.05) is 47.3 Å². The number of rotatable bonds is 3. The lowest BCUT2D eigenvalue weighted by molar-refractivity contribution is 1.10. The molecule has 0 bridgehead atoms. The molecular weight excluding hydrogens is 82.5 g/mol. The highest BCUT2D eigenvalue weighted by Crippen LogP contribution is 1.74. The molecular formula is C3H9B3N. The Bertz CT molecular complexity index is 31.7. The van der Waals surface area contributed by atoms with E-state index in [1.54, 1.807) is 0 Å². The summed E-state index contributed by atoms with van der Waals surface area (Å²) < 4.78 is 2.00. The van der Waals surface area contributed by atoms with E-state index in [9.17, 15) is 0 Å². The van der Waals surface area contributed by atoms with Crippen LogP contribution in [0.3, 0.4) is 0 Å². The van der Waals surface area contributed by atoms with Crippen LogP contribution in [0.15, 0.2) is 0 Å². The van der Waals surface area contributed by atoms with Gasteiger partial charge < -0.3 is 4.63 Å². The molecule has 0 aromatic carbocycles. The van der Waals surface area contributed by atoms with Crippen molar-refractivity contribution in [3.63, 3.8) is 0 Å². The minimum absolute atomic E-state index is 2.00. The van der Waals surface area contributed by atoms with Crippen LogP contribution in [0.25, 0.3) is 0 Å². The third-order valence-electron chi connectivity index (χ3n) is 0.894. The molecule has 0 unspecified atom stereocenters. The van der Waals surface area contributed by atoms with E-state index in [-0.39, 0.29) is 0 Å². The lowest BCUT2D eigenvalue weighted by atomic mass is 9.69. The molecule has 4 heteroatoms. The van der Waals surface area contributed by atoms with Gasteiger partial charge in [0.05, 0.1) is 0 Å². The van der Waals surface area contributed by atoms with Gasteiger partial charge in [0.25, 0.3) is 0 Å². The van der Waals surface area contributed by atoms with Crippen molar-refractivity contribution in [3.05, 3.63) is 0 Å². The molecule has 3 radical (unpaired) electrons. The van der Waals surface area contributed by atoms with Crippen molar-refractivity contribution in [1.29, 1.82) is 0 Å². The van der Waals surface area contributed by atoms with Crippen molar-refractivity contribution in [2.75, 3.05) is 0 Å². The average Bonchev–Trinajstić information content (AvgIpc) is 1.72. The summed E-state index contributed by atoms with van der Waals surface area (Å²) in [6, 6.07) is 0. The molecule has 0 aliphatic carbocycles. The Labute approximate surface area is 48.3 Å². The standard InChI is InChI=1S/C3H9B3N/c1-4-7(5-2)6-3/h1-3H3. The number of nitrogens with zero attached hydrogens (tertiary/aromatic N) is 1. The highest BCUT2D eigenvalue weighted by Gasteiger charge is 1.94. The minimum Gasteiger partial charge on any atom is -0.441 e. The summed E-state index contributed by atoms with van der Waals surface area (Å²) in [5.41, 5.74) is 0. The fourth-order valence-electron chi connectivity index (χ4n) is 0.447. The Morgan fingerprint density at radius 1 is 0.857 bits per heavy atom. The zero-order valence-corrected chi connectivity index (χ0v) is 5.18. The lowest BCUT2D eigenvalue weighted by Gasteiger charge is -2.11. The van der Waals surface area contributed by atoms with Crippen LogP contribution in [0, 0.1) is 0 Å². The van der Waals surface area contributed by atoms with Crippen LogP contribution < -0.4 is 0 Å². The van der Waals surface area contributed by atoms with Gasteiger partial charge in [-0.1, -0.05) is 20.5 Å². The van der Waals surface area contributed by atoms with Gasteiger partial charge >= 0.3 is 0 Å². The normalized spacial score (nSPS) is 8.57. The van der Waals surface area contributed by atoms with Crippen molar-refractivity contribution in [1.82, 2.24) is 4.63 Å². The van der Waals surface area contributed by atoms with Crippen LogP contribution in [0.5, 0.6) is 0 Å². The van der Waals surface area contributed by atoms with Gasteiger partial charge in [0.15, 0.2) is 22.2 Å². The number of hydrogen-bond donors (Lipinski definition) is 0. The van der Waals surface area contributed by atoms with Crippen molar-refractivity contribution >= 4 is 22.2 Å². The molecule has 0 amide bonds. The predicted octanol–water partition coefficient (Wildman–Crippen LogP) is 0.290.